The van der Waals surface area contributed by atoms with E-state index in [1.807, 2.05) is 6.92 Å². The number of aromatic nitrogens is 1. The van der Waals surface area contributed by atoms with Gasteiger partial charge in [0.15, 0.2) is 0 Å². The molecule has 1 heterocycles. The zero-order chi connectivity index (χ0) is 14.5. The Morgan fingerprint density at radius 3 is 2.85 bits per heavy atom. The maximum absolute atomic E-state index is 11.9. The number of amides is 1. The van der Waals surface area contributed by atoms with Gasteiger partial charge < -0.3 is 10.4 Å². The standard InChI is InChI=1S/C15H15ClN2O2/c1-10-5-6-12(8-17-10)15(20)18-9-14(19)11-3-2-4-13(16)7-11/h2-8,14,19H,9H2,1H3,(H,18,20). The highest BCUT2D eigenvalue weighted by Gasteiger charge is 2.11. The molecule has 1 atom stereocenters. The number of hydrogen-bond donors (Lipinski definition) is 2. The molecule has 1 unspecified atom stereocenters. The van der Waals surface area contributed by atoms with Crippen molar-refractivity contribution >= 4 is 17.5 Å². The van der Waals surface area contributed by atoms with Gasteiger partial charge >= 0.3 is 0 Å². The van der Waals surface area contributed by atoms with Gasteiger partial charge in [-0.3, -0.25) is 9.78 Å². The molecular formula is C15H15ClN2O2. The van der Waals surface area contributed by atoms with Crippen molar-refractivity contribution in [1.29, 1.82) is 0 Å². The third-order valence-corrected chi connectivity index (χ3v) is 3.10. The van der Waals surface area contributed by atoms with Crippen LogP contribution < -0.4 is 5.32 Å². The van der Waals surface area contributed by atoms with E-state index < -0.39 is 6.10 Å². The highest BCUT2D eigenvalue weighted by Crippen LogP contribution is 2.17. The Balaban J connectivity index is 1.94. The Hall–Kier alpha value is -1.91. The number of nitrogens with one attached hydrogen (secondary N) is 1. The molecule has 1 amide bonds. The fraction of sp³-hybridized carbons (Fsp3) is 0.200. The van der Waals surface area contributed by atoms with Crippen molar-refractivity contribution in [3.63, 3.8) is 0 Å². The average Bonchev–Trinajstić information content (AvgIpc) is 2.45. The summed E-state index contributed by atoms with van der Waals surface area (Å²) in [5.41, 5.74) is 1.98. The summed E-state index contributed by atoms with van der Waals surface area (Å²) in [6, 6.07) is 10.4. The zero-order valence-electron chi connectivity index (χ0n) is 11.0. The average molecular weight is 291 g/mol. The molecule has 0 fully saturated rings. The molecule has 1 aromatic carbocycles. The fourth-order valence-corrected chi connectivity index (χ4v) is 1.92. The molecular weight excluding hydrogens is 276 g/mol. The summed E-state index contributed by atoms with van der Waals surface area (Å²) in [6.07, 6.45) is 0.715. The number of carbonyl (C=O) groups is 1. The lowest BCUT2D eigenvalue weighted by Crippen LogP contribution is -2.28. The molecule has 2 rings (SSSR count). The van der Waals surface area contributed by atoms with Gasteiger partial charge in [-0.15, -0.1) is 0 Å². The molecule has 0 aliphatic carbocycles. The van der Waals surface area contributed by atoms with Crippen LogP contribution in [0.5, 0.6) is 0 Å². The summed E-state index contributed by atoms with van der Waals surface area (Å²) in [4.78, 5) is 15.9. The highest BCUT2D eigenvalue weighted by atomic mass is 35.5. The van der Waals surface area contributed by atoms with Crippen LogP contribution in [0, 0.1) is 6.92 Å². The molecule has 0 saturated carbocycles. The molecule has 0 spiro atoms. The van der Waals surface area contributed by atoms with E-state index in [0.29, 0.717) is 16.1 Å². The van der Waals surface area contributed by atoms with Gasteiger partial charge in [0, 0.05) is 23.5 Å². The first-order chi connectivity index (χ1) is 9.56. The first-order valence-electron chi connectivity index (χ1n) is 6.20. The Bertz CT molecular complexity index is 599. The fourth-order valence-electron chi connectivity index (χ4n) is 1.73. The maximum Gasteiger partial charge on any atom is 0.252 e. The summed E-state index contributed by atoms with van der Waals surface area (Å²) in [5, 5.41) is 13.2. The van der Waals surface area contributed by atoms with E-state index in [9.17, 15) is 9.90 Å². The smallest absolute Gasteiger partial charge is 0.252 e. The van der Waals surface area contributed by atoms with E-state index in [0.717, 1.165) is 5.69 Å². The summed E-state index contributed by atoms with van der Waals surface area (Å²) >= 11 is 5.86. The maximum atomic E-state index is 11.9. The number of nitrogens with zero attached hydrogens (tertiary/aromatic N) is 1. The lowest BCUT2D eigenvalue weighted by molar-refractivity contribution is 0.0916. The second-order valence-corrected chi connectivity index (χ2v) is 4.91. The predicted molar refractivity (Wildman–Crippen MR) is 77.7 cm³/mol. The van der Waals surface area contributed by atoms with Crippen molar-refractivity contribution < 1.29 is 9.90 Å². The first kappa shape index (κ1) is 14.5. The van der Waals surface area contributed by atoms with Gasteiger partial charge in [-0.2, -0.15) is 0 Å². The lowest BCUT2D eigenvalue weighted by atomic mass is 10.1. The van der Waals surface area contributed by atoms with Crippen molar-refractivity contribution in [3.8, 4) is 0 Å². The molecule has 0 aliphatic heterocycles. The number of benzene rings is 1. The van der Waals surface area contributed by atoms with Crippen LogP contribution in [0.2, 0.25) is 5.02 Å². The van der Waals surface area contributed by atoms with E-state index in [1.165, 1.54) is 6.20 Å². The molecule has 104 valence electrons. The SMILES string of the molecule is Cc1ccc(C(=O)NCC(O)c2cccc(Cl)c2)cn1. The second-order valence-electron chi connectivity index (χ2n) is 4.47. The van der Waals surface area contributed by atoms with Crippen molar-refractivity contribution in [3.05, 3.63) is 64.4 Å². The van der Waals surface area contributed by atoms with Gasteiger partial charge in [0.05, 0.1) is 11.7 Å². The third-order valence-electron chi connectivity index (χ3n) is 2.86. The minimum absolute atomic E-state index is 0.118. The number of rotatable bonds is 4. The van der Waals surface area contributed by atoms with Crippen LogP contribution in [0.4, 0.5) is 0 Å². The summed E-state index contributed by atoms with van der Waals surface area (Å²) in [5.74, 6) is -0.265. The van der Waals surface area contributed by atoms with Crippen LogP contribution >= 0.6 is 11.6 Å². The summed E-state index contributed by atoms with van der Waals surface area (Å²) in [6.45, 7) is 1.97. The van der Waals surface area contributed by atoms with E-state index >= 15 is 0 Å². The predicted octanol–water partition coefficient (Wildman–Crippen LogP) is 2.51. The number of hydrogen-bond acceptors (Lipinski definition) is 3. The van der Waals surface area contributed by atoms with Gasteiger partial charge in [0.25, 0.3) is 5.91 Å². The first-order valence-corrected chi connectivity index (χ1v) is 6.58. The molecule has 0 saturated heterocycles. The van der Waals surface area contributed by atoms with Crippen LogP contribution in [-0.2, 0) is 0 Å². The topological polar surface area (TPSA) is 62.2 Å². The molecule has 1 aromatic heterocycles. The molecule has 2 aromatic rings. The Labute approximate surface area is 122 Å². The van der Waals surface area contributed by atoms with Crippen LogP contribution in [0.3, 0.4) is 0 Å². The van der Waals surface area contributed by atoms with Crippen LogP contribution in [0.25, 0.3) is 0 Å². The van der Waals surface area contributed by atoms with Crippen molar-refractivity contribution in [2.75, 3.05) is 6.54 Å². The largest absolute Gasteiger partial charge is 0.387 e. The minimum Gasteiger partial charge on any atom is -0.387 e. The van der Waals surface area contributed by atoms with Gasteiger partial charge in [0.2, 0.25) is 0 Å². The third kappa shape index (κ3) is 3.79. The molecule has 4 nitrogen and oxygen atoms in total. The minimum atomic E-state index is -0.795. The van der Waals surface area contributed by atoms with Crippen molar-refractivity contribution in [1.82, 2.24) is 10.3 Å². The van der Waals surface area contributed by atoms with E-state index in [-0.39, 0.29) is 12.5 Å². The normalized spacial score (nSPS) is 11.9. The molecule has 5 heteroatoms. The van der Waals surface area contributed by atoms with Crippen molar-refractivity contribution in [2.45, 2.75) is 13.0 Å². The Kier molecular flexibility index (Phi) is 4.71. The van der Waals surface area contributed by atoms with E-state index in [1.54, 1.807) is 36.4 Å². The Morgan fingerprint density at radius 1 is 1.40 bits per heavy atom. The van der Waals surface area contributed by atoms with Gasteiger partial charge in [0.1, 0.15) is 0 Å². The van der Waals surface area contributed by atoms with Gasteiger partial charge in [-0.25, -0.2) is 0 Å². The number of aryl methyl sites for hydroxylation is 1. The van der Waals surface area contributed by atoms with Crippen LogP contribution in [-0.4, -0.2) is 22.5 Å². The second kappa shape index (κ2) is 6.50. The van der Waals surface area contributed by atoms with E-state index in [4.69, 9.17) is 11.6 Å². The lowest BCUT2D eigenvalue weighted by Gasteiger charge is -2.12. The number of aliphatic hydroxyl groups excluding tert-OH is 1. The van der Waals surface area contributed by atoms with Gasteiger partial charge in [-0.05, 0) is 36.8 Å². The molecule has 0 radical (unpaired) electrons. The summed E-state index contributed by atoms with van der Waals surface area (Å²) in [7, 11) is 0. The molecule has 0 bridgehead atoms. The number of halogens is 1. The quantitative estimate of drug-likeness (QED) is 0.909. The molecule has 20 heavy (non-hydrogen) atoms. The number of carbonyl (C=O) groups excluding carboxylic acids is 1. The van der Waals surface area contributed by atoms with Crippen LogP contribution in [0.15, 0.2) is 42.6 Å². The van der Waals surface area contributed by atoms with Gasteiger partial charge in [-0.1, -0.05) is 23.7 Å². The number of aliphatic hydroxyl groups is 1. The summed E-state index contributed by atoms with van der Waals surface area (Å²) < 4.78 is 0. The number of pyridine rings is 1. The Morgan fingerprint density at radius 2 is 2.20 bits per heavy atom. The molecule has 0 aliphatic rings. The monoisotopic (exact) mass is 290 g/mol. The van der Waals surface area contributed by atoms with Crippen molar-refractivity contribution in [2.24, 2.45) is 0 Å². The van der Waals surface area contributed by atoms with E-state index in [2.05, 4.69) is 10.3 Å². The highest BCUT2D eigenvalue weighted by molar-refractivity contribution is 6.30. The van der Waals surface area contributed by atoms with Crippen LogP contribution in [0.1, 0.15) is 27.7 Å². The molecule has 2 N–H and O–H groups in total. The zero-order valence-corrected chi connectivity index (χ0v) is 11.8.